The minimum atomic E-state index is -0.834. The lowest BCUT2D eigenvalue weighted by Gasteiger charge is -2.70. The van der Waals surface area contributed by atoms with E-state index in [0.717, 1.165) is 18.4 Å². The van der Waals surface area contributed by atoms with Crippen LogP contribution in [0, 0.1) is 28.6 Å². The number of fused-ring (bicyclic) bond motifs is 1. The predicted octanol–water partition coefficient (Wildman–Crippen LogP) is 4.37. The van der Waals surface area contributed by atoms with Gasteiger partial charge in [0.2, 0.25) is 0 Å². The van der Waals surface area contributed by atoms with Crippen LogP contribution in [0.2, 0.25) is 0 Å². The Hall–Kier alpha value is -2.35. The summed E-state index contributed by atoms with van der Waals surface area (Å²) in [6.07, 6.45) is 4.21. The first-order valence-electron chi connectivity index (χ1n) is 12.6. The van der Waals surface area contributed by atoms with Gasteiger partial charge in [0, 0.05) is 22.3 Å². The lowest BCUT2D eigenvalue weighted by molar-refractivity contribution is -0.345. The first-order chi connectivity index (χ1) is 16.4. The molecule has 1 saturated carbocycles. The molecule has 8 atom stereocenters. The molecule has 1 aromatic heterocycles. The van der Waals surface area contributed by atoms with Crippen LogP contribution in [0.25, 0.3) is 0 Å². The molecule has 3 aliphatic heterocycles. The summed E-state index contributed by atoms with van der Waals surface area (Å²) in [6, 6.07) is 1.84. The third kappa shape index (κ3) is 3.24. The summed E-state index contributed by atoms with van der Waals surface area (Å²) in [7, 11) is 1.37. The number of cyclic esters (lactones) is 2. The van der Waals surface area contributed by atoms with E-state index < -0.39 is 34.2 Å². The van der Waals surface area contributed by atoms with E-state index in [-0.39, 0.29) is 54.9 Å². The molecule has 192 valence electrons. The first-order valence-corrected chi connectivity index (χ1v) is 12.6. The van der Waals surface area contributed by atoms with E-state index in [1.54, 1.807) is 12.5 Å². The fourth-order valence-corrected chi connectivity index (χ4v) is 8.38. The van der Waals surface area contributed by atoms with Crippen LogP contribution >= 0.6 is 0 Å². The lowest BCUT2D eigenvalue weighted by Crippen LogP contribution is -2.73. The van der Waals surface area contributed by atoms with Gasteiger partial charge in [-0.2, -0.15) is 0 Å². The lowest BCUT2D eigenvalue weighted by atomic mass is 9.43. The summed E-state index contributed by atoms with van der Waals surface area (Å²) < 4.78 is 29.2. The van der Waals surface area contributed by atoms with E-state index in [1.807, 2.05) is 19.9 Å². The Kier molecular flexibility index (Phi) is 5.44. The van der Waals surface area contributed by atoms with Gasteiger partial charge in [-0.15, -0.1) is 0 Å². The molecule has 4 aliphatic rings. The molecule has 0 amide bonds. The van der Waals surface area contributed by atoms with Gasteiger partial charge in [-0.1, -0.05) is 20.8 Å². The summed E-state index contributed by atoms with van der Waals surface area (Å²) >= 11 is 0. The zero-order valence-corrected chi connectivity index (χ0v) is 21.4. The van der Waals surface area contributed by atoms with Crippen molar-refractivity contribution in [3.05, 3.63) is 24.2 Å². The van der Waals surface area contributed by atoms with E-state index >= 15 is 0 Å². The van der Waals surface area contributed by atoms with Gasteiger partial charge in [-0.3, -0.25) is 14.4 Å². The molecular weight excluding hydrogens is 452 g/mol. The van der Waals surface area contributed by atoms with Gasteiger partial charge in [-0.05, 0) is 44.6 Å². The molecule has 0 radical (unpaired) electrons. The molecule has 2 bridgehead atoms. The maximum absolute atomic E-state index is 13.1. The molecule has 1 aromatic rings. The van der Waals surface area contributed by atoms with Crippen LogP contribution in [0.1, 0.15) is 78.4 Å². The average molecular weight is 489 g/mol. The monoisotopic (exact) mass is 488 g/mol. The van der Waals surface area contributed by atoms with Gasteiger partial charge in [0.25, 0.3) is 0 Å². The van der Waals surface area contributed by atoms with Crippen molar-refractivity contribution in [3.8, 4) is 0 Å². The van der Waals surface area contributed by atoms with Crippen LogP contribution in [-0.4, -0.2) is 42.3 Å². The van der Waals surface area contributed by atoms with Crippen LogP contribution in [-0.2, 0) is 33.3 Å². The fraction of sp³-hybridized carbons (Fsp3) is 0.741. The van der Waals surface area contributed by atoms with Gasteiger partial charge in [-0.25, -0.2) is 0 Å². The standard InChI is InChI=1S/C27H36O8/c1-15-17-7-9-25(4)23(16-8-10-32-14-16)33-22(30)13-27(15,25)34-19(12-20(28)31-6)26(17,5)18-11-21(29)35-24(18,2)3/h8,10,14-15,17-19,23H,7,9,11-13H2,1-6H3/t15?,17?,18-,19+,23+,25+,26-,27+/m1/s1. The molecule has 4 heterocycles. The van der Waals surface area contributed by atoms with Gasteiger partial charge in [0.05, 0.1) is 50.6 Å². The summed E-state index contributed by atoms with van der Waals surface area (Å²) in [5.41, 5.74) is -1.78. The van der Waals surface area contributed by atoms with Crippen molar-refractivity contribution in [1.29, 1.82) is 0 Å². The highest BCUT2D eigenvalue weighted by molar-refractivity contribution is 5.74. The summed E-state index contributed by atoms with van der Waals surface area (Å²) in [5.74, 6) is -0.983. The molecular formula is C27H36O8. The number of rotatable bonds is 4. The van der Waals surface area contributed by atoms with Crippen LogP contribution < -0.4 is 0 Å². The number of furan rings is 1. The van der Waals surface area contributed by atoms with Crippen LogP contribution in [0.5, 0.6) is 0 Å². The summed E-state index contributed by atoms with van der Waals surface area (Å²) in [5, 5.41) is 0. The minimum absolute atomic E-state index is 0.0195. The molecule has 2 unspecified atom stereocenters. The number of esters is 3. The van der Waals surface area contributed by atoms with Crippen molar-refractivity contribution < 1.29 is 37.7 Å². The number of hydrogen-bond acceptors (Lipinski definition) is 8. The van der Waals surface area contributed by atoms with Crippen molar-refractivity contribution in [2.24, 2.45) is 28.6 Å². The van der Waals surface area contributed by atoms with Crippen LogP contribution in [0.3, 0.4) is 0 Å². The second-order valence-corrected chi connectivity index (χ2v) is 11.9. The van der Waals surface area contributed by atoms with E-state index in [1.165, 1.54) is 7.11 Å². The summed E-state index contributed by atoms with van der Waals surface area (Å²) in [6.45, 7) is 10.3. The zero-order valence-electron chi connectivity index (χ0n) is 21.4. The number of ether oxygens (including phenoxy) is 4. The largest absolute Gasteiger partial charge is 0.472 e. The molecule has 3 saturated heterocycles. The Morgan fingerprint density at radius 2 is 1.91 bits per heavy atom. The molecule has 35 heavy (non-hydrogen) atoms. The summed E-state index contributed by atoms with van der Waals surface area (Å²) in [4.78, 5) is 38.2. The van der Waals surface area contributed by atoms with E-state index in [2.05, 4.69) is 20.8 Å². The van der Waals surface area contributed by atoms with Gasteiger partial charge in [0.15, 0.2) is 0 Å². The van der Waals surface area contributed by atoms with Crippen molar-refractivity contribution in [2.45, 2.75) is 90.1 Å². The zero-order chi connectivity index (χ0) is 25.4. The molecule has 8 nitrogen and oxygen atoms in total. The molecule has 8 heteroatoms. The first kappa shape index (κ1) is 24.3. The van der Waals surface area contributed by atoms with Crippen molar-refractivity contribution in [3.63, 3.8) is 0 Å². The molecule has 4 fully saturated rings. The van der Waals surface area contributed by atoms with Crippen molar-refractivity contribution in [1.82, 2.24) is 0 Å². The molecule has 1 aliphatic carbocycles. The van der Waals surface area contributed by atoms with Crippen LogP contribution in [0.4, 0.5) is 0 Å². The molecule has 5 rings (SSSR count). The Morgan fingerprint density at radius 3 is 2.51 bits per heavy atom. The Bertz CT molecular complexity index is 1030. The van der Waals surface area contributed by atoms with Crippen molar-refractivity contribution >= 4 is 17.9 Å². The highest BCUT2D eigenvalue weighted by Gasteiger charge is 2.73. The highest BCUT2D eigenvalue weighted by Crippen LogP contribution is 2.70. The van der Waals surface area contributed by atoms with Gasteiger partial charge in [0.1, 0.15) is 11.7 Å². The van der Waals surface area contributed by atoms with E-state index in [0.29, 0.717) is 0 Å². The molecule has 0 aromatic carbocycles. The van der Waals surface area contributed by atoms with Gasteiger partial charge < -0.3 is 23.4 Å². The Labute approximate surface area is 206 Å². The third-order valence-electron chi connectivity index (χ3n) is 10.1. The maximum atomic E-state index is 13.1. The molecule has 0 N–H and O–H groups in total. The quantitative estimate of drug-likeness (QED) is 0.455. The van der Waals surface area contributed by atoms with Crippen LogP contribution in [0.15, 0.2) is 23.0 Å². The predicted molar refractivity (Wildman–Crippen MR) is 123 cm³/mol. The molecule has 1 spiro atoms. The highest BCUT2D eigenvalue weighted by atomic mass is 16.6. The topological polar surface area (TPSA) is 101 Å². The Balaban J connectivity index is 1.64. The normalized spacial score (nSPS) is 44.2. The number of hydrogen-bond donors (Lipinski definition) is 0. The second-order valence-electron chi connectivity index (χ2n) is 11.9. The van der Waals surface area contributed by atoms with E-state index in [4.69, 9.17) is 23.4 Å². The number of carbonyl (C=O) groups excluding carboxylic acids is 3. The number of methoxy groups -OCH3 is 1. The Morgan fingerprint density at radius 1 is 1.17 bits per heavy atom. The minimum Gasteiger partial charge on any atom is -0.472 e. The SMILES string of the molecule is COC(=O)C[C@@H]1O[C@]23CC(=O)O[C@@H](c4ccoc4)[C@]2(C)CCC(C3C)[C@]1(C)[C@@H]1CC(=O)OC1(C)C. The smallest absolute Gasteiger partial charge is 0.309 e. The maximum Gasteiger partial charge on any atom is 0.309 e. The third-order valence-corrected chi connectivity index (χ3v) is 10.1. The van der Waals surface area contributed by atoms with E-state index in [9.17, 15) is 14.4 Å². The second kappa shape index (κ2) is 7.82. The van der Waals surface area contributed by atoms with Crippen molar-refractivity contribution in [2.75, 3.05) is 7.11 Å². The van der Waals surface area contributed by atoms with Gasteiger partial charge >= 0.3 is 17.9 Å². The fourth-order valence-electron chi connectivity index (χ4n) is 8.38. The number of carbonyl (C=O) groups is 3. The average Bonchev–Trinajstić information content (AvgIpc) is 3.40.